The van der Waals surface area contributed by atoms with Gasteiger partial charge >= 0.3 is 6.03 Å². The molecule has 0 spiro atoms. The number of aromatic nitrogens is 2. The van der Waals surface area contributed by atoms with Gasteiger partial charge in [-0.3, -0.25) is 4.68 Å². The fraction of sp³-hybridized carbons (Fsp3) is 0.444. The number of rotatable bonds is 6. The van der Waals surface area contributed by atoms with Gasteiger partial charge in [0.25, 0.3) is 0 Å². The highest BCUT2D eigenvalue weighted by molar-refractivity contribution is 5.89. The van der Waals surface area contributed by atoms with Gasteiger partial charge in [-0.15, -0.1) is 0 Å². The number of carbonyl (C=O) groups excluding carboxylic acids is 1. The van der Waals surface area contributed by atoms with Gasteiger partial charge in [-0.2, -0.15) is 5.10 Å². The predicted molar refractivity (Wildman–Crippen MR) is 95.6 cm³/mol. The number of hydrogen-bond acceptors (Lipinski definition) is 3. The third-order valence-corrected chi connectivity index (χ3v) is 4.04. The molecule has 1 aromatic carbocycles. The summed E-state index contributed by atoms with van der Waals surface area (Å²) in [4.78, 5) is 12.1. The molecule has 0 aliphatic heterocycles. The molecule has 0 aliphatic carbocycles. The monoisotopic (exact) mass is 348 g/mol. The van der Waals surface area contributed by atoms with E-state index in [-0.39, 0.29) is 17.8 Å². The summed E-state index contributed by atoms with van der Waals surface area (Å²) < 4.78 is 20.8. The molecule has 2 rings (SSSR count). The Morgan fingerprint density at radius 3 is 2.68 bits per heavy atom. The second kappa shape index (κ2) is 8.00. The number of nitrogens with zero attached hydrogens (tertiary/aromatic N) is 2. The summed E-state index contributed by atoms with van der Waals surface area (Å²) in [7, 11) is 1.90. The van der Waals surface area contributed by atoms with Crippen molar-refractivity contribution in [2.75, 3.05) is 11.9 Å². The predicted octanol–water partition coefficient (Wildman–Crippen LogP) is 3.33. The van der Waals surface area contributed by atoms with Crippen molar-refractivity contribution in [3.63, 3.8) is 0 Å². The van der Waals surface area contributed by atoms with E-state index in [0.717, 1.165) is 17.0 Å². The largest absolute Gasteiger partial charge is 0.491 e. The van der Waals surface area contributed by atoms with E-state index in [0.29, 0.717) is 18.7 Å². The van der Waals surface area contributed by atoms with Crippen molar-refractivity contribution in [3.05, 3.63) is 41.0 Å². The smallest absolute Gasteiger partial charge is 0.319 e. The van der Waals surface area contributed by atoms with Crippen LogP contribution in [0.3, 0.4) is 0 Å². The first-order chi connectivity index (χ1) is 11.8. The molecular weight excluding hydrogens is 323 g/mol. The van der Waals surface area contributed by atoms with Gasteiger partial charge in [-0.1, -0.05) is 0 Å². The molecule has 2 amide bonds. The Kier molecular flexibility index (Phi) is 6.01. The van der Waals surface area contributed by atoms with Crippen LogP contribution in [-0.4, -0.2) is 28.5 Å². The van der Waals surface area contributed by atoms with Crippen LogP contribution < -0.4 is 15.4 Å². The molecule has 1 heterocycles. The molecular formula is C18H25FN4O2. The van der Waals surface area contributed by atoms with Crippen LogP contribution in [-0.2, 0) is 13.5 Å². The van der Waals surface area contributed by atoms with Gasteiger partial charge in [0.1, 0.15) is 0 Å². The number of carbonyl (C=O) groups is 1. The van der Waals surface area contributed by atoms with Gasteiger partial charge in [0, 0.05) is 30.5 Å². The molecule has 1 aromatic heterocycles. The molecule has 136 valence electrons. The second-order valence-corrected chi connectivity index (χ2v) is 6.05. The molecule has 2 N–H and O–H groups in total. The van der Waals surface area contributed by atoms with E-state index in [1.54, 1.807) is 13.0 Å². The quantitative estimate of drug-likeness (QED) is 0.841. The maximum atomic E-state index is 13.8. The average molecular weight is 348 g/mol. The first kappa shape index (κ1) is 18.8. The number of hydrogen-bond donors (Lipinski definition) is 2. The van der Waals surface area contributed by atoms with Crippen LogP contribution in [0.25, 0.3) is 0 Å². The van der Waals surface area contributed by atoms with Crippen molar-refractivity contribution in [2.24, 2.45) is 7.05 Å². The number of nitrogens with one attached hydrogen (secondary N) is 2. The maximum absolute atomic E-state index is 13.8. The Morgan fingerprint density at radius 2 is 2.12 bits per heavy atom. The second-order valence-electron chi connectivity index (χ2n) is 6.05. The molecule has 0 bridgehead atoms. The Hall–Kier alpha value is -2.57. The Morgan fingerprint density at radius 1 is 1.40 bits per heavy atom. The van der Waals surface area contributed by atoms with Crippen molar-refractivity contribution in [1.29, 1.82) is 0 Å². The lowest BCUT2D eigenvalue weighted by atomic mass is 10.1. The van der Waals surface area contributed by atoms with E-state index in [2.05, 4.69) is 15.7 Å². The van der Waals surface area contributed by atoms with E-state index in [1.165, 1.54) is 12.1 Å². The molecule has 7 heteroatoms. The minimum Gasteiger partial charge on any atom is -0.491 e. The number of benzene rings is 1. The molecule has 0 saturated carbocycles. The van der Waals surface area contributed by atoms with E-state index in [1.807, 2.05) is 32.5 Å². The molecule has 2 aromatic rings. The van der Waals surface area contributed by atoms with Crippen molar-refractivity contribution in [1.82, 2.24) is 15.1 Å². The average Bonchev–Trinajstić information content (AvgIpc) is 2.76. The number of urea groups is 1. The number of aryl methyl sites for hydroxylation is 2. The number of halogens is 1. The van der Waals surface area contributed by atoms with Gasteiger partial charge in [-0.25, -0.2) is 9.18 Å². The normalized spacial score (nSPS) is 11.9. The Bertz CT molecular complexity index is 758. The highest BCUT2D eigenvalue weighted by Gasteiger charge is 2.15. The first-order valence-electron chi connectivity index (χ1n) is 8.30. The molecule has 0 fully saturated rings. The summed E-state index contributed by atoms with van der Waals surface area (Å²) in [6, 6.07) is 3.88. The summed E-state index contributed by atoms with van der Waals surface area (Å²) in [6.45, 7) is 8.05. The SMILES string of the molecule is CCOc1ccc(NC(=O)NC(C)Cc2c(C)nn(C)c2C)cc1F. The third-order valence-electron chi connectivity index (χ3n) is 4.04. The number of ether oxygens (including phenoxy) is 1. The Balaban J connectivity index is 1.94. The van der Waals surface area contributed by atoms with E-state index in [9.17, 15) is 9.18 Å². The molecule has 1 unspecified atom stereocenters. The van der Waals surface area contributed by atoms with E-state index >= 15 is 0 Å². The third kappa shape index (κ3) is 4.71. The van der Waals surface area contributed by atoms with Crippen LogP contribution in [0.5, 0.6) is 5.75 Å². The molecule has 0 saturated heterocycles. The van der Waals surface area contributed by atoms with Gasteiger partial charge in [-0.05, 0) is 51.8 Å². The van der Waals surface area contributed by atoms with Crippen LogP contribution >= 0.6 is 0 Å². The first-order valence-corrected chi connectivity index (χ1v) is 8.30. The van der Waals surface area contributed by atoms with Crippen LogP contribution in [0.4, 0.5) is 14.9 Å². The number of amides is 2. The lowest BCUT2D eigenvalue weighted by Gasteiger charge is -2.15. The van der Waals surface area contributed by atoms with Gasteiger partial charge in [0.2, 0.25) is 0 Å². The fourth-order valence-electron chi connectivity index (χ4n) is 2.71. The zero-order chi connectivity index (χ0) is 18.6. The zero-order valence-electron chi connectivity index (χ0n) is 15.3. The molecule has 1 atom stereocenters. The Labute approximate surface area is 147 Å². The topological polar surface area (TPSA) is 68.2 Å². The van der Waals surface area contributed by atoms with Gasteiger partial charge in [0.15, 0.2) is 11.6 Å². The zero-order valence-corrected chi connectivity index (χ0v) is 15.3. The van der Waals surface area contributed by atoms with Crippen LogP contribution in [0, 0.1) is 19.7 Å². The summed E-state index contributed by atoms with van der Waals surface area (Å²) in [5, 5.41) is 9.87. The van der Waals surface area contributed by atoms with Crippen molar-refractivity contribution in [3.8, 4) is 5.75 Å². The van der Waals surface area contributed by atoms with Crippen LogP contribution in [0.15, 0.2) is 18.2 Å². The summed E-state index contributed by atoms with van der Waals surface area (Å²) in [6.07, 6.45) is 0.677. The standard InChI is InChI=1S/C18H25FN4O2/c1-6-25-17-8-7-14(10-16(17)19)21-18(24)20-11(2)9-15-12(3)22-23(5)13(15)4/h7-8,10-11H,6,9H2,1-5H3,(H2,20,21,24). The van der Waals surface area contributed by atoms with E-state index < -0.39 is 5.82 Å². The highest BCUT2D eigenvalue weighted by Crippen LogP contribution is 2.21. The van der Waals surface area contributed by atoms with Crippen molar-refractivity contribution < 1.29 is 13.9 Å². The van der Waals surface area contributed by atoms with Crippen molar-refractivity contribution >= 4 is 11.7 Å². The molecule has 25 heavy (non-hydrogen) atoms. The maximum Gasteiger partial charge on any atom is 0.319 e. The summed E-state index contributed by atoms with van der Waals surface area (Å²) in [5.74, 6) is -0.335. The van der Waals surface area contributed by atoms with Gasteiger partial charge in [0.05, 0.1) is 12.3 Å². The fourth-order valence-corrected chi connectivity index (χ4v) is 2.71. The van der Waals surface area contributed by atoms with Crippen LogP contribution in [0.1, 0.15) is 30.8 Å². The molecule has 6 nitrogen and oxygen atoms in total. The lowest BCUT2D eigenvalue weighted by molar-refractivity contribution is 0.249. The molecule has 0 aliphatic rings. The lowest BCUT2D eigenvalue weighted by Crippen LogP contribution is -2.37. The summed E-state index contributed by atoms with van der Waals surface area (Å²) >= 11 is 0. The van der Waals surface area contributed by atoms with Crippen molar-refractivity contribution in [2.45, 2.75) is 40.2 Å². The highest BCUT2D eigenvalue weighted by atomic mass is 19.1. The minimum atomic E-state index is -0.505. The number of anilines is 1. The summed E-state index contributed by atoms with van der Waals surface area (Å²) in [5.41, 5.74) is 3.55. The molecule has 0 radical (unpaired) electrons. The van der Waals surface area contributed by atoms with E-state index in [4.69, 9.17) is 4.74 Å². The van der Waals surface area contributed by atoms with Gasteiger partial charge < -0.3 is 15.4 Å². The minimum absolute atomic E-state index is 0.0888. The van der Waals surface area contributed by atoms with Crippen LogP contribution in [0.2, 0.25) is 0 Å².